The Morgan fingerprint density at radius 1 is 1.11 bits per heavy atom. The van der Waals surface area contributed by atoms with Gasteiger partial charge in [0.05, 0.1) is 5.56 Å². The summed E-state index contributed by atoms with van der Waals surface area (Å²) in [6, 6.07) is 11.9. The molecule has 1 aromatic heterocycles. The van der Waals surface area contributed by atoms with Crippen molar-refractivity contribution in [2.75, 3.05) is 13.1 Å². The lowest BCUT2D eigenvalue weighted by molar-refractivity contribution is 0.300. The standard InChI is InChI=1S/C22H29N3O2/c1-16(2)18-9-8-10-19(15-18)27-22-20(12-11-17(3)23-22)21(24-26)25-13-6-4-5-7-14-25/h8-12,15-16,26H,4-7,13-14H2,1-3H3/b24-21-. The lowest BCUT2D eigenvalue weighted by Crippen LogP contribution is -2.33. The van der Waals surface area contributed by atoms with Gasteiger partial charge in [-0.15, -0.1) is 0 Å². The topological polar surface area (TPSA) is 58.0 Å². The Morgan fingerprint density at radius 3 is 2.52 bits per heavy atom. The Kier molecular flexibility index (Phi) is 6.32. The molecule has 1 aliphatic heterocycles. The molecule has 5 heteroatoms. The third kappa shape index (κ3) is 4.79. The molecule has 0 bridgehead atoms. The van der Waals surface area contributed by atoms with Crippen LogP contribution >= 0.6 is 0 Å². The van der Waals surface area contributed by atoms with E-state index >= 15 is 0 Å². The molecule has 144 valence electrons. The Bertz CT molecular complexity index is 794. The van der Waals surface area contributed by atoms with Crippen LogP contribution in [0.25, 0.3) is 0 Å². The maximum absolute atomic E-state index is 9.76. The Hall–Kier alpha value is -2.56. The van der Waals surface area contributed by atoms with Crippen LogP contribution in [0, 0.1) is 6.92 Å². The van der Waals surface area contributed by atoms with Gasteiger partial charge in [-0.1, -0.05) is 44.0 Å². The van der Waals surface area contributed by atoms with Crippen LogP contribution in [0.1, 0.15) is 62.3 Å². The second-order valence-electron chi connectivity index (χ2n) is 7.46. The van der Waals surface area contributed by atoms with Gasteiger partial charge in [0.15, 0.2) is 5.84 Å². The lowest BCUT2D eigenvalue weighted by atomic mass is 10.0. The van der Waals surface area contributed by atoms with Gasteiger partial charge in [0.2, 0.25) is 5.88 Å². The SMILES string of the molecule is Cc1ccc(/C(=N/O)N2CCCCCC2)c(Oc2cccc(C(C)C)c2)n1. The van der Waals surface area contributed by atoms with Crippen molar-refractivity contribution in [2.45, 2.75) is 52.4 Å². The largest absolute Gasteiger partial charge is 0.438 e. The van der Waals surface area contributed by atoms with Gasteiger partial charge in [-0.05, 0) is 55.5 Å². The molecule has 5 nitrogen and oxygen atoms in total. The van der Waals surface area contributed by atoms with E-state index in [-0.39, 0.29) is 0 Å². The summed E-state index contributed by atoms with van der Waals surface area (Å²) in [6.45, 7) is 8.02. The van der Waals surface area contributed by atoms with Crippen molar-refractivity contribution >= 4 is 5.84 Å². The molecule has 0 saturated carbocycles. The smallest absolute Gasteiger partial charge is 0.230 e. The minimum atomic E-state index is 0.421. The van der Waals surface area contributed by atoms with Crippen molar-refractivity contribution < 1.29 is 9.94 Å². The molecule has 1 saturated heterocycles. The van der Waals surface area contributed by atoms with Gasteiger partial charge in [0.1, 0.15) is 5.75 Å². The summed E-state index contributed by atoms with van der Waals surface area (Å²) in [7, 11) is 0. The molecule has 2 heterocycles. The summed E-state index contributed by atoms with van der Waals surface area (Å²) in [5.74, 6) is 2.19. The highest BCUT2D eigenvalue weighted by Crippen LogP contribution is 2.28. The molecule has 3 rings (SSSR count). The van der Waals surface area contributed by atoms with E-state index in [4.69, 9.17) is 4.74 Å². The van der Waals surface area contributed by atoms with Gasteiger partial charge in [0, 0.05) is 18.8 Å². The highest BCUT2D eigenvalue weighted by Gasteiger charge is 2.21. The molecule has 27 heavy (non-hydrogen) atoms. The molecule has 0 atom stereocenters. The summed E-state index contributed by atoms with van der Waals surface area (Å²) in [5, 5.41) is 13.4. The molecule has 0 amide bonds. The number of rotatable bonds is 4. The van der Waals surface area contributed by atoms with Crippen molar-refractivity contribution in [3.8, 4) is 11.6 Å². The first-order valence-electron chi connectivity index (χ1n) is 9.81. The number of oxime groups is 1. The number of hydrogen-bond acceptors (Lipinski definition) is 4. The summed E-state index contributed by atoms with van der Waals surface area (Å²) < 4.78 is 6.16. The summed E-state index contributed by atoms with van der Waals surface area (Å²) >= 11 is 0. The van der Waals surface area contributed by atoms with Crippen LogP contribution in [0.5, 0.6) is 11.6 Å². The van der Waals surface area contributed by atoms with E-state index in [0.29, 0.717) is 17.6 Å². The predicted molar refractivity (Wildman–Crippen MR) is 108 cm³/mol. The number of nitrogens with zero attached hydrogens (tertiary/aromatic N) is 3. The maximum Gasteiger partial charge on any atom is 0.230 e. The fourth-order valence-corrected chi connectivity index (χ4v) is 3.40. The van der Waals surface area contributed by atoms with Crippen LogP contribution in [0.3, 0.4) is 0 Å². The van der Waals surface area contributed by atoms with Gasteiger partial charge < -0.3 is 14.8 Å². The van der Waals surface area contributed by atoms with Crippen LogP contribution in [0.4, 0.5) is 0 Å². The predicted octanol–water partition coefficient (Wildman–Crippen LogP) is 5.32. The highest BCUT2D eigenvalue weighted by molar-refractivity contribution is 6.00. The maximum atomic E-state index is 9.76. The molecular formula is C22H29N3O2. The average Bonchev–Trinajstić information content (AvgIpc) is 2.94. The number of benzene rings is 1. The molecule has 1 N–H and O–H groups in total. The van der Waals surface area contributed by atoms with Crippen LogP contribution in [0.2, 0.25) is 0 Å². The fourth-order valence-electron chi connectivity index (χ4n) is 3.40. The summed E-state index contributed by atoms with van der Waals surface area (Å²) in [5.41, 5.74) is 2.80. The zero-order valence-corrected chi connectivity index (χ0v) is 16.5. The lowest BCUT2D eigenvalue weighted by Gasteiger charge is -2.24. The van der Waals surface area contributed by atoms with Crippen LogP contribution in [-0.2, 0) is 0 Å². The Labute approximate surface area is 161 Å². The van der Waals surface area contributed by atoms with Gasteiger partial charge in [-0.3, -0.25) is 0 Å². The first-order chi connectivity index (χ1) is 13.1. The van der Waals surface area contributed by atoms with Crippen LogP contribution in [0.15, 0.2) is 41.6 Å². The number of aromatic nitrogens is 1. The third-order valence-electron chi connectivity index (χ3n) is 4.98. The van der Waals surface area contributed by atoms with Crippen molar-refractivity contribution in [3.05, 3.63) is 53.2 Å². The number of amidine groups is 1. The van der Waals surface area contributed by atoms with Crippen molar-refractivity contribution in [2.24, 2.45) is 5.16 Å². The molecule has 0 aliphatic carbocycles. The van der Waals surface area contributed by atoms with Crippen molar-refractivity contribution in [1.29, 1.82) is 0 Å². The molecule has 0 unspecified atom stereocenters. The quantitative estimate of drug-likeness (QED) is 0.344. The summed E-state index contributed by atoms with van der Waals surface area (Å²) in [6.07, 6.45) is 4.63. The van der Waals surface area contributed by atoms with Crippen molar-refractivity contribution in [1.82, 2.24) is 9.88 Å². The normalized spacial score (nSPS) is 15.7. The van der Waals surface area contributed by atoms with E-state index in [1.807, 2.05) is 37.3 Å². The van der Waals surface area contributed by atoms with Gasteiger partial charge in [-0.2, -0.15) is 0 Å². The second-order valence-corrected chi connectivity index (χ2v) is 7.46. The third-order valence-corrected chi connectivity index (χ3v) is 4.98. The zero-order chi connectivity index (χ0) is 19.2. The van der Waals surface area contributed by atoms with Gasteiger partial charge in [0.25, 0.3) is 0 Å². The van der Waals surface area contributed by atoms with Crippen molar-refractivity contribution in [3.63, 3.8) is 0 Å². The van der Waals surface area contributed by atoms with E-state index in [9.17, 15) is 5.21 Å². The number of likely N-dealkylation sites (tertiary alicyclic amines) is 1. The first-order valence-corrected chi connectivity index (χ1v) is 9.81. The fraction of sp³-hybridized carbons (Fsp3) is 0.455. The average molecular weight is 367 g/mol. The first kappa shape index (κ1) is 19.2. The molecule has 1 aliphatic rings. The molecule has 1 fully saturated rings. The van der Waals surface area contributed by atoms with E-state index in [2.05, 4.69) is 35.0 Å². The highest BCUT2D eigenvalue weighted by atomic mass is 16.5. The molecular weight excluding hydrogens is 338 g/mol. The second kappa shape index (κ2) is 8.89. The number of aryl methyl sites for hydroxylation is 1. The minimum absolute atomic E-state index is 0.421. The van der Waals surface area contributed by atoms with E-state index in [1.54, 1.807) is 0 Å². The van der Waals surface area contributed by atoms with Gasteiger partial charge >= 0.3 is 0 Å². The Morgan fingerprint density at radius 2 is 1.85 bits per heavy atom. The van der Waals surface area contributed by atoms with Gasteiger partial charge in [-0.25, -0.2) is 4.98 Å². The molecule has 2 aromatic rings. The van der Waals surface area contributed by atoms with E-state index in [0.717, 1.165) is 42.9 Å². The van der Waals surface area contributed by atoms with Crippen LogP contribution < -0.4 is 4.74 Å². The number of pyridine rings is 1. The van der Waals surface area contributed by atoms with Crippen LogP contribution in [-0.4, -0.2) is 34.0 Å². The van der Waals surface area contributed by atoms with E-state index in [1.165, 1.54) is 18.4 Å². The molecule has 0 radical (unpaired) electrons. The monoisotopic (exact) mass is 367 g/mol. The zero-order valence-electron chi connectivity index (χ0n) is 16.5. The molecule has 1 aromatic carbocycles. The minimum Gasteiger partial charge on any atom is -0.438 e. The van der Waals surface area contributed by atoms with E-state index < -0.39 is 0 Å². The number of hydrogen-bond donors (Lipinski definition) is 1. The Balaban J connectivity index is 1.93. The number of ether oxygens (including phenoxy) is 1. The molecule has 0 spiro atoms. The summed E-state index contributed by atoms with van der Waals surface area (Å²) in [4.78, 5) is 6.72.